The molecule has 0 aromatic heterocycles. The molecule has 2 atom stereocenters. The maximum Gasteiger partial charge on any atom is 0.119 e. The first-order valence-electron chi connectivity index (χ1n) is 7.84. The van der Waals surface area contributed by atoms with Crippen LogP contribution in [0.1, 0.15) is 51.6 Å². The van der Waals surface area contributed by atoms with E-state index in [1.165, 1.54) is 24.8 Å². The largest absolute Gasteiger partial charge is 0.491 e. The Morgan fingerprint density at radius 3 is 2.50 bits per heavy atom. The highest BCUT2D eigenvalue weighted by molar-refractivity contribution is 5.29. The third-order valence-corrected chi connectivity index (χ3v) is 4.11. The number of benzene rings is 1. The van der Waals surface area contributed by atoms with E-state index >= 15 is 0 Å². The van der Waals surface area contributed by atoms with Gasteiger partial charge in [0.2, 0.25) is 0 Å². The van der Waals surface area contributed by atoms with Gasteiger partial charge in [0.25, 0.3) is 0 Å². The molecular weight excluding hydrogens is 248 g/mol. The molecule has 1 aromatic carbocycles. The average Bonchev–Trinajstić information content (AvgIpc) is 2.43. The second-order valence-electron chi connectivity index (χ2n) is 6.07. The number of hydrogen-bond donors (Lipinski definition) is 1. The number of ether oxygens (including phenoxy) is 1. The van der Waals surface area contributed by atoms with Gasteiger partial charge in [0.15, 0.2) is 0 Å². The van der Waals surface area contributed by atoms with Crippen molar-refractivity contribution in [3.05, 3.63) is 29.8 Å². The molecule has 1 aromatic rings. The first-order chi connectivity index (χ1) is 9.61. The third-order valence-electron chi connectivity index (χ3n) is 4.11. The summed E-state index contributed by atoms with van der Waals surface area (Å²) in [7, 11) is 0. The van der Waals surface area contributed by atoms with E-state index in [0.29, 0.717) is 18.6 Å². The summed E-state index contributed by atoms with van der Waals surface area (Å²) in [6.45, 7) is 8.25. The minimum atomic E-state index is 0.216. The maximum atomic E-state index is 6.04. The summed E-state index contributed by atoms with van der Waals surface area (Å²) in [5.41, 5.74) is 7.35. The molecule has 2 rings (SSSR count). The first kappa shape index (κ1) is 15.3. The maximum absolute atomic E-state index is 6.04. The Balaban J connectivity index is 2.10. The minimum absolute atomic E-state index is 0.216. The molecule has 2 unspecified atom stereocenters. The Kier molecular flexibility index (Phi) is 5.44. The number of hydrogen-bond acceptors (Lipinski definition) is 3. The molecule has 1 saturated heterocycles. The molecule has 2 N–H and O–H groups in total. The summed E-state index contributed by atoms with van der Waals surface area (Å²) >= 11 is 0. The lowest BCUT2D eigenvalue weighted by molar-refractivity contribution is 0.109. The molecule has 3 heteroatoms. The first-order valence-corrected chi connectivity index (χ1v) is 7.84. The number of nitrogens with two attached hydrogens (primary N) is 1. The van der Waals surface area contributed by atoms with Gasteiger partial charge in [-0.05, 0) is 57.9 Å². The van der Waals surface area contributed by atoms with Crippen molar-refractivity contribution < 1.29 is 4.74 Å². The Bertz CT molecular complexity index is 402. The van der Waals surface area contributed by atoms with Gasteiger partial charge >= 0.3 is 0 Å². The molecule has 3 nitrogen and oxygen atoms in total. The van der Waals surface area contributed by atoms with Gasteiger partial charge in [0, 0.05) is 18.6 Å². The van der Waals surface area contributed by atoms with Gasteiger partial charge in [0.05, 0.1) is 6.10 Å². The molecule has 1 fully saturated rings. The summed E-state index contributed by atoms with van der Waals surface area (Å²) < 4.78 is 5.70. The third kappa shape index (κ3) is 3.74. The van der Waals surface area contributed by atoms with Crippen LogP contribution in [0.2, 0.25) is 0 Å². The average molecular weight is 276 g/mol. The zero-order valence-corrected chi connectivity index (χ0v) is 13.0. The van der Waals surface area contributed by atoms with E-state index in [2.05, 4.69) is 36.1 Å². The highest BCUT2D eigenvalue weighted by atomic mass is 16.5. The van der Waals surface area contributed by atoms with Crippen LogP contribution in [-0.2, 0) is 0 Å². The number of rotatable bonds is 5. The topological polar surface area (TPSA) is 38.5 Å². The van der Waals surface area contributed by atoms with Crippen LogP contribution in [-0.4, -0.2) is 30.1 Å². The predicted octanol–water partition coefficient (Wildman–Crippen LogP) is 3.35. The van der Waals surface area contributed by atoms with Crippen LogP contribution >= 0.6 is 0 Å². The van der Waals surface area contributed by atoms with Crippen LogP contribution in [0, 0.1) is 0 Å². The molecule has 0 radical (unpaired) electrons. The molecule has 0 amide bonds. The zero-order chi connectivity index (χ0) is 14.5. The standard InChI is InChI=1S/C17H28N2O/c1-13(2)20-16-9-7-15(8-10-16)17(12-18)19-11-5-4-6-14(19)3/h7-10,13-14,17H,4-6,11-12,18H2,1-3H3. The highest BCUT2D eigenvalue weighted by Gasteiger charge is 2.26. The quantitative estimate of drug-likeness (QED) is 0.896. The van der Waals surface area contributed by atoms with E-state index in [-0.39, 0.29) is 6.10 Å². The SMILES string of the molecule is CC(C)Oc1ccc(C(CN)N2CCCCC2C)cc1. The summed E-state index contributed by atoms with van der Waals surface area (Å²) in [4.78, 5) is 2.56. The number of piperidine rings is 1. The van der Waals surface area contributed by atoms with E-state index in [1.54, 1.807) is 0 Å². The summed E-state index contributed by atoms with van der Waals surface area (Å²) in [5, 5.41) is 0. The lowest BCUT2D eigenvalue weighted by atomic mass is 9.97. The molecule has 20 heavy (non-hydrogen) atoms. The van der Waals surface area contributed by atoms with E-state index < -0.39 is 0 Å². The molecule has 0 spiro atoms. The zero-order valence-electron chi connectivity index (χ0n) is 13.0. The van der Waals surface area contributed by atoms with Crippen LogP contribution in [0.15, 0.2) is 24.3 Å². The normalized spacial score (nSPS) is 21.9. The van der Waals surface area contributed by atoms with Crippen LogP contribution in [0.5, 0.6) is 5.75 Å². The van der Waals surface area contributed by atoms with E-state index in [1.807, 2.05) is 13.8 Å². The van der Waals surface area contributed by atoms with Crippen molar-refractivity contribution in [1.29, 1.82) is 0 Å². The van der Waals surface area contributed by atoms with Crippen LogP contribution in [0.3, 0.4) is 0 Å². The van der Waals surface area contributed by atoms with Crippen LogP contribution < -0.4 is 10.5 Å². The molecule has 0 bridgehead atoms. The second-order valence-corrected chi connectivity index (χ2v) is 6.07. The fourth-order valence-electron chi connectivity index (χ4n) is 3.09. The van der Waals surface area contributed by atoms with Crippen molar-refractivity contribution in [2.45, 2.75) is 58.2 Å². The summed E-state index contributed by atoms with van der Waals surface area (Å²) in [6.07, 6.45) is 4.13. The van der Waals surface area contributed by atoms with Gasteiger partial charge in [-0.3, -0.25) is 4.90 Å². The Labute approximate surface area is 123 Å². The predicted molar refractivity (Wildman–Crippen MR) is 84.0 cm³/mol. The van der Waals surface area contributed by atoms with Crippen molar-refractivity contribution in [2.75, 3.05) is 13.1 Å². The fraction of sp³-hybridized carbons (Fsp3) is 0.647. The highest BCUT2D eigenvalue weighted by Crippen LogP contribution is 2.29. The van der Waals surface area contributed by atoms with Crippen molar-refractivity contribution in [2.24, 2.45) is 5.73 Å². The molecule has 0 saturated carbocycles. The van der Waals surface area contributed by atoms with Gasteiger partial charge < -0.3 is 10.5 Å². The second kappa shape index (κ2) is 7.09. The van der Waals surface area contributed by atoms with Crippen LogP contribution in [0.25, 0.3) is 0 Å². The van der Waals surface area contributed by atoms with Gasteiger partial charge in [-0.15, -0.1) is 0 Å². The Morgan fingerprint density at radius 1 is 1.25 bits per heavy atom. The number of likely N-dealkylation sites (tertiary alicyclic amines) is 1. The summed E-state index contributed by atoms with van der Waals surface area (Å²) in [6, 6.07) is 9.41. The molecular formula is C17H28N2O. The molecule has 0 aliphatic carbocycles. The van der Waals surface area contributed by atoms with Crippen molar-refractivity contribution in [3.8, 4) is 5.75 Å². The van der Waals surface area contributed by atoms with E-state index in [9.17, 15) is 0 Å². The van der Waals surface area contributed by atoms with Gasteiger partial charge in [-0.2, -0.15) is 0 Å². The lowest BCUT2D eigenvalue weighted by Crippen LogP contribution is -2.43. The fourth-order valence-corrected chi connectivity index (χ4v) is 3.09. The lowest BCUT2D eigenvalue weighted by Gasteiger charge is -2.39. The Hall–Kier alpha value is -1.06. The van der Waals surface area contributed by atoms with Gasteiger partial charge in [-0.25, -0.2) is 0 Å². The van der Waals surface area contributed by atoms with Crippen molar-refractivity contribution in [1.82, 2.24) is 4.90 Å². The van der Waals surface area contributed by atoms with Gasteiger partial charge in [-0.1, -0.05) is 18.6 Å². The molecule has 1 heterocycles. The minimum Gasteiger partial charge on any atom is -0.491 e. The number of nitrogens with zero attached hydrogens (tertiary/aromatic N) is 1. The molecule has 1 aliphatic rings. The van der Waals surface area contributed by atoms with Crippen molar-refractivity contribution in [3.63, 3.8) is 0 Å². The van der Waals surface area contributed by atoms with Crippen LogP contribution in [0.4, 0.5) is 0 Å². The smallest absolute Gasteiger partial charge is 0.119 e. The monoisotopic (exact) mass is 276 g/mol. The Morgan fingerprint density at radius 2 is 1.95 bits per heavy atom. The van der Waals surface area contributed by atoms with Gasteiger partial charge in [0.1, 0.15) is 5.75 Å². The van der Waals surface area contributed by atoms with E-state index in [4.69, 9.17) is 10.5 Å². The van der Waals surface area contributed by atoms with Crippen molar-refractivity contribution >= 4 is 0 Å². The summed E-state index contributed by atoms with van der Waals surface area (Å²) in [5.74, 6) is 0.936. The van der Waals surface area contributed by atoms with E-state index in [0.717, 1.165) is 12.3 Å². The molecule has 112 valence electrons. The molecule has 1 aliphatic heterocycles.